The van der Waals surface area contributed by atoms with Gasteiger partial charge in [-0.2, -0.15) is 0 Å². The Labute approximate surface area is 155 Å². The molecule has 0 radical (unpaired) electrons. The highest BCUT2D eigenvalue weighted by molar-refractivity contribution is 6.15. The molecule has 1 aliphatic heterocycles. The Kier molecular flexibility index (Phi) is 7.57. The highest BCUT2D eigenvalue weighted by atomic mass is 16.5. The number of nitrogens with zero attached hydrogens (tertiary/aromatic N) is 1. The molecule has 1 aliphatic rings. The van der Waals surface area contributed by atoms with E-state index in [1.165, 1.54) is 4.90 Å². The number of carbonyl (C=O) groups excluding carboxylic acids is 3. The smallest absolute Gasteiger partial charge is 0.305 e. The summed E-state index contributed by atoms with van der Waals surface area (Å²) in [6, 6.07) is 7.82. The van der Waals surface area contributed by atoms with Crippen LogP contribution < -0.4 is 0 Å². The number of hydrogen-bond donors (Lipinski definition) is 0. The van der Waals surface area contributed by atoms with E-state index in [0.717, 1.165) is 36.8 Å². The maximum absolute atomic E-state index is 12.5. The minimum atomic E-state index is -0.176. The molecule has 0 bridgehead atoms. The van der Waals surface area contributed by atoms with Crippen LogP contribution in [0.3, 0.4) is 0 Å². The average Bonchev–Trinajstić information content (AvgIpc) is 2.87. The number of carbonyl (C=O) groups is 3. The van der Waals surface area contributed by atoms with Crippen molar-refractivity contribution in [2.45, 2.75) is 52.4 Å². The first kappa shape index (κ1) is 19.9. The van der Waals surface area contributed by atoms with Gasteiger partial charge in [0.1, 0.15) is 0 Å². The third-order valence-electron chi connectivity index (χ3n) is 4.50. The van der Waals surface area contributed by atoms with Crippen molar-refractivity contribution in [3.05, 3.63) is 41.0 Å². The molecule has 1 aromatic rings. The Morgan fingerprint density at radius 1 is 1.15 bits per heavy atom. The second-order valence-corrected chi connectivity index (χ2v) is 6.52. The van der Waals surface area contributed by atoms with E-state index in [-0.39, 0.29) is 24.2 Å². The second kappa shape index (κ2) is 9.90. The number of imide groups is 1. The van der Waals surface area contributed by atoms with Crippen molar-refractivity contribution in [2.75, 3.05) is 13.2 Å². The zero-order valence-electron chi connectivity index (χ0n) is 15.6. The Morgan fingerprint density at radius 2 is 1.88 bits per heavy atom. The largest absolute Gasteiger partial charge is 0.466 e. The molecule has 0 N–H and O–H groups in total. The van der Waals surface area contributed by atoms with Crippen LogP contribution in [0.5, 0.6) is 0 Å². The average molecular weight is 357 g/mol. The molecule has 0 aromatic heterocycles. The molecule has 0 spiro atoms. The van der Waals surface area contributed by atoms with E-state index in [1.807, 2.05) is 37.3 Å². The first-order chi connectivity index (χ1) is 12.5. The summed E-state index contributed by atoms with van der Waals surface area (Å²) in [7, 11) is 0. The summed E-state index contributed by atoms with van der Waals surface area (Å²) in [4.78, 5) is 37.3. The summed E-state index contributed by atoms with van der Waals surface area (Å²) in [6.45, 7) is 4.64. The molecular formula is C21H27NO4. The summed E-state index contributed by atoms with van der Waals surface area (Å²) < 4.78 is 4.88. The predicted octanol–water partition coefficient (Wildman–Crippen LogP) is 3.65. The molecule has 1 heterocycles. The number of amides is 2. The van der Waals surface area contributed by atoms with E-state index in [1.54, 1.807) is 6.92 Å². The lowest BCUT2D eigenvalue weighted by Gasteiger charge is -2.13. The highest BCUT2D eigenvalue weighted by Gasteiger charge is 2.33. The molecule has 0 atom stereocenters. The highest BCUT2D eigenvalue weighted by Crippen LogP contribution is 2.23. The molecular weight excluding hydrogens is 330 g/mol. The zero-order chi connectivity index (χ0) is 18.9. The molecule has 0 aliphatic carbocycles. The molecule has 0 unspecified atom stereocenters. The van der Waals surface area contributed by atoms with E-state index in [0.29, 0.717) is 25.1 Å². The van der Waals surface area contributed by atoms with Crippen molar-refractivity contribution >= 4 is 23.9 Å². The molecule has 1 fully saturated rings. The van der Waals surface area contributed by atoms with Crippen LogP contribution in [-0.2, 0) is 19.1 Å². The standard InChI is InChI=1S/C21H27NO4/c1-3-26-20(24)12-6-4-5-9-13-22-19(23)15-18(21(22)25)14-17-11-8-7-10-16(17)2/h7-8,10-11,14H,3-6,9,12-13,15H2,1-2H3/b18-14+. The molecule has 5 heteroatoms. The Morgan fingerprint density at radius 3 is 2.62 bits per heavy atom. The molecule has 1 aromatic carbocycles. The van der Waals surface area contributed by atoms with Crippen LogP contribution in [0.4, 0.5) is 0 Å². The van der Waals surface area contributed by atoms with Gasteiger partial charge >= 0.3 is 5.97 Å². The zero-order valence-corrected chi connectivity index (χ0v) is 15.6. The first-order valence-corrected chi connectivity index (χ1v) is 9.29. The normalized spacial score (nSPS) is 15.8. The van der Waals surface area contributed by atoms with Gasteiger partial charge in [-0.3, -0.25) is 19.3 Å². The lowest BCUT2D eigenvalue weighted by molar-refractivity contribution is -0.143. The molecule has 2 rings (SSSR count). The van der Waals surface area contributed by atoms with E-state index >= 15 is 0 Å². The summed E-state index contributed by atoms with van der Waals surface area (Å²) in [5.74, 6) is -0.463. The van der Waals surface area contributed by atoms with E-state index in [9.17, 15) is 14.4 Å². The number of unbranched alkanes of at least 4 members (excludes halogenated alkanes) is 3. The van der Waals surface area contributed by atoms with Crippen LogP contribution in [-0.4, -0.2) is 35.8 Å². The van der Waals surface area contributed by atoms with Gasteiger partial charge in [0, 0.05) is 18.5 Å². The van der Waals surface area contributed by atoms with Gasteiger partial charge in [-0.15, -0.1) is 0 Å². The number of aryl methyl sites for hydroxylation is 1. The fourth-order valence-corrected chi connectivity index (χ4v) is 3.02. The number of rotatable bonds is 9. The van der Waals surface area contributed by atoms with Crippen LogP contribution in [0.15, 0.2) is 29.8 Å². The fourth-order valence-electron chi connectivity index (χ4n) is 3.02. The van der Waals surface area contributed by atoms with Gasteiger partial charge < -0.3 is 4.74 Å². The molecule has 0 saturated carbocycles. The van der Waals surface area contributed by atoms with Crippen molar-refractivity contribution in [3.63, 3.8) is 0 Å². The van der Waals surface area contributed by atoms with Crippen molar-refractivity contribution in [2.24, 2.45) is 0 Å². The van der Waals surface area contributed by atoms with Gasteiger partial charge in [0.25, 0.3) is 5.91 Å². The van der Waals surface area contributed by atoms with Crippen LogP contribution in [0.1, 0.15) is 56.6 Å². The maximum atomic E-state index is 12.5. The van der Waals surface area contributed by atoms with Gasteiger partial charge in [-0.05, 0) is 43.9 Å². The van der Waals surface area contributed by atoms with Crippen molar-refractivity contribution < 1.29 is 19.1 Å². The number of hydrogen-bond acceptors (Lipinski definition) is 4. The SMILES string of the molecule is CCOC(=O)CCCCCCN1C(=O)C/C(=C\c2ccccc2C)C1=O. The molecule has 5 nitrogen and oxygen atoms in total. The van der Waals surface area contributed by atoms with Crippen LogP contribution in [0.25, 0.3) is 6.08 Å². The van der Waals surface area contributed by atoms with E-state index in [2.05, 4.69) is 0 Å². The third-order valence-corrected chi connectivity index (χ3v) is 4.50. The van der Waals surface area contributed by atoms with Crippen LogP contribution in [0.2, 0.25) is 0 Å². The van der Waals surface area contributed by atoms with Crippen LogP contribution in [0, 0.1) is 6.92 Å². The van der Waals surface area contributed by atoms with Gasteiger partial charge in [-0.1, -0.05) is 37.1 Å². The van der Waals surface area contributed by atoms with Crippen LogP contribution >= 0.6 is 0 Å². The number of likely N-dealkylation sites (tertiary alicyclic amines) is 1. The summed E-state index contributed by atoms with van der Waals surface area (Å²) >= 11 is 0. The van der Waals surface area contributed by atoms with Gasteiger partial charge in [0.2, 0.25) is 5.91 Å². The Hall–Kier alpha value is -2.43. The molecule has 140 valence electrons. The van der Waals surface area contributed by atoms with Crippen molar-refractivity contribution in [1.29, 1.82) is 0 Å². The summed E-state index contributed by atoms with van der Waals surface area (Å²) in [5, 5.41) is 0. The fraction of sp³-hybridized carbons (Fsp3) is 0.476. The first-order valence-electron chi connectivity index (χ1n) is 9.29. The maximum Gasteiger partial charge on any atom is 0.305 e. The topological polar surface area (TPSA) is 63.7 Å². The second-order valence-electron chi connectivity index (χ2n) is 6.52. The van der Waals surface area contributed by atoms with Gasteiger partial charge in [-0.25, -0.2) is 0 Å². The number of ether oxygens (including phenoxy) is 1. The minimum Gasteiger partial charge on any atom is -0.466 e. The monoisotopic (exact) mass is 357 g/mol. The molecule has 1 saturated heterocycles. The van der Waals surface area contributed by atoms with E-state index < -0.39 is 0 Å². The van der Waals surface area contributed by atoms with Crippen molar-refractivity contribution in [3.8, 4) is 0 Å². The van der Waals surface area contributed by atoms with E-state index in [4.69, 9.17) is 4.74 Å². The lowest BCUT2D eigenvalue weighted by Crippen LogP contribution is -2.30. The Balaban J connectivity index is 1.79. The Bertz CT molecular complexity index is 693. The predicted molar refractivity (Wildman–Crippen MR) is 100 cm³/mol. The third kappa shape index (κ3) is 5.55. The summed E-state index contributed by atoms with van der Waals surface area (Å²) in [6.07, 6.45) is 5.75. The molecule has 26 heavy (non-hydrogen) atoms. The lowest BCUT2D eigenvalue weighted by atomic mass is 10.1. The quantitative estimate of drug-likeness (QED) is 0.293. The molecule has 2 amide bonds. The number of benzene rings is 1. The minimum absolute atomic E-state index is 0.124. The number of esters is 1. The van der Waals surface area contributed by atoms with Gasteiger partial charge in [0.05, 0.1) is 13.0 Å². The summed E-state index contributed by atoms with van der Waals surface area (Å²) in [5.41, 5.74) is 2.62. The van der Waals surface area contributed by atoms with Crippen molar-refractivity contribution in [1.82, 2.24) is 4.90 Å². The van der Waals surface area contributed by atoms with Gasteiger partial charge in [0.15, 0.2) is 0 Å².